The summed E-state index contributed by atoms with van der Waals surface area (Å²) in [5.41, 5.74) is 3.09. The van der Waals surface area contributed by atoms with E-state index in [-0.39, 0.29) is 0 Å². The van der Waals surface area contributed by atoms with Crippen molar-refractivity contribution in [3.05, 3.63) is 36.8 Å². The summed E-state index contributed by atoms with van der Waals surface area (Å²) in [5.74, 6) is 0. The van der Waals surface area contributed by atoms with Crippen LogP contribution < -0.4 is 0 Å². The van der Waals surface area contributed by atoms with Gasteiger partial charge in [-0.2, -0.15) is 5.10 Å². The molecule has 27 heavy (non-hydrogen) atoms. The molecule has 1 unspecified atom stereocenters. The molecule has 0 fully saturated rings. The van der Waals surface area contributed by atoms with Crippen LogP contribution in [0.4, 0.5) is 0 Å². The fourth-order valence-corrected chi connectivity index (χ4v) is 3.99. The van der Waals surface area contributed by atoms with Crippen molar-refractivity contribution in [3.8, 4) is 11.3 Å². The number of hydrogen-bond donors (Lipinski definition) is 0. The van der Waals surface area contributed by atoms with Crippen LogP contribution in [0.5, 0.6) is 0 Å². The molecule has 3 aromatic rings. The maximum absolute atomic E-state index is 5.91. The van der Waals surface area contributed by atoms with Crippen molar-refractivity contribution in [2.24, 2.45) is 0 Å². The van der Waals surface area contributed by atoms with E-state index in [1.165, 1.54) is 6.04 Å². The first-order valence-corrected chi connectivity index (χ1v) is 13.7. The number of hydrogen-bond acceptors (Lipinski definition) is 3. The van der Waals surface area contributed by atoms with E-state index in [2.05, 4.69) is 78.3 Å². The Balaban J connectivity index is 1.77. The van der Waals surface area contributed by atoms with Gasteiger partial charge in [-0.15, -0.1) is 0 Å². The molecule has 3 heterocycles. The van der Waals surface area contributed by atoms with Gasteiger partial charge < -0.3 is 9.30 Å². The Morgan fingerprint density at radius 3 is 2.70 bits per heavy atom. The molecule has 0 N–H and O–H groups in total. The van der Waals surface area contributed by atoms with Gasteiger partial charge in [-0.1, -0.05) is 33.0 Å². The highest BCUT2D eigenvalue weighted by Crippen LogP contribution is 2.28. The zero-order chi connectivity index (χ0) is 19.4. The molecular formula is C21H32N4OSi. The van der Waals surface area contributed by atoms with Crippen LogP contribution in [0, 0.1) is 0 Å². The quantitative estimate of drug-likeness (QED) is 0.358. The van der Waals surface area contributed by atoms with E-state index in [1.807, 2.05) is 6.20 Å². The molecule has 6 heteroatoms. The van der Waals surface area contributed by atoms with Gasteiger partial charge in [-0.25, -0.2) is 4.98 Å². The number of aromatic nitrogens is 4. The van der Waals surface area contributed by atoms with E-state index in [9.17, 15) is 0 Å². The highest BCUT2D eigenvalue weighted by Gasteiger charge is 2.14. The lowest BCUT2D eigenvalue weighted by Gasteiger charge is -2.15. The monoisotopic (exact) mass is 384 g/mol. The van der Waals surface area contributed by atoms with Crippen LogP contribution >= 0.6 is 0 Å². The summed E-state index contributed by atoms with van der Waals surface area (Å²) in [6, 6.07) is 7.87. The third kappa shape index (κ3) is 4.87. The zero-order valence-electron chi connectivity index (χ0n) is 17.3. The molecule has 0 radical (unpaired) electrons. The lowest BCUT2D eigenvalue weighted by atomic mass is 10.1. The van der Waals surface area contributed by atoms with Crippen molar-refractivity contribution < 1.29 is 4.74 Å². The molecule has 3 rings (SSSR count). The van der Waals surface area contributed by atoms with Crippen molar-refractivity contribution in [3.63, 3.8) is 0 Å². The maximum atomic E-state index is 5.91. The Bertz CT molecular complexity index is 878. The molecule has 1 atom stereocenters. The Kier molecular flexibility index (Phi) is 6.17. The molecule has 5 nitrogen and oxygen atoms in total. The molecule has 0 aliphatic heterocycles. The zero-order valence-corrected chi connectivity index (χ0v) is 18.3. The van der Waals surface area contributed by atoms with Crippen LogP contribution in [0.15, 0.2) is 36.8 Å². The Morgan fingerprint density at radius 2 is 1.96 bits per heavy atom. The van der Waals surface area contributed by atoms with E-state index in [0.717, 1.165) is 41.7 Å². The SMILES string of the molecule is CCCC(C)n1ccc(-c2ccnc3c2ccn3COCC[Si](C)(C)C)n1. The number of ether oxygens (including phenoxy) is 1. The second kappa shape index (κ2) is 8.40. The lowest BCUT2D eigenvalue weighted by Crippen LogP contribution is -2.22. The minimum Gasteiger partial charge on any atom is -0.361 e. The molecule has 3 aromatic heterocycles. The van der Waals surface area contributed by atoms with Gasteiger partial charge in [-0.3, -0.25) is 4.68 Å². The Hall–Kier alpha value is -1.92. The standard InChI is InChI=1S/C21H32N4OSi/c1-6-7-17(2)25-13-10-20(23-25)18-8-11-22-21-19(18)9-12-24(21)16-26-14-15-27(3,4)5/h8-13,17H,6-7,14-16H2,1-5H3. The fraction of sp³-hybridized carbons (Fsp3) is 0.524. The predicted octanol–water partition coefficient (Wildman–Crippen LogP) is 5.57. The van der Waals surface area contributed by atoms with Gasteiger partial charge in [0.1, 0.15) is 12.4 Å². The highest BCUT2D eigenvalue weighted by atomic mass is 28.3. The summed E-state index contributed by atoms with van der Waals surface area (Å²) >= 11 is 0. The van der Waals surface area contributed by atoms with Crippen molar-refractivity contribution in [2.75, 3.05) is 6.61 Å². The van der Waals surface area contributed by atoms with Gasteiger partial charge in [0.05, 0.1) is 5.69 Å². The van der Waals surface area contributed by atoms with E-state index in [4.69, 9.17) is 9.84 Å². The van der Waals surface area contributed by atoms with E-state index >= 15 is 0 Å². The van der Waals surface area contributed by atoms with Crippen LogP contribution in [-0.2, 0) is 11.5 Å². The normalized spacial score (nSPS) is 13.4. The van der Waals surface area contributed by atoms with Crippen LogP contribution in [0.2, 0.25) is 25.7 Å². The van der Waals surface area contributed by atoms with Crippen molar-refractivity contribution >= 4 is 19.1 Å². The van der Waals surface area contributed by atoms with Gasteiger partial charge in [-0.05, 0) is 37.6 Å². The summed E-state index contributed by atoms with van der Waals surface area (Å²) in [7, 11) is -1.06. The highest BCUT2D eigenvalue weighted by molar-refractivity contribution is 6.76. The van der Waals surface area contributed by atoms with Gasteiger partial charge in [0.15, 0.2) is 0 Å². The molecule has 0 bridgehead atoms. The second-order valence-corrected chi connectivity index (χ2v) is 14.2. The average molecular weight is 385 g/mol. The van der Waals surface area contributed by atoms with Crippen molar-refractivity contribution in [1.29, 1.82) is 0 Å². The molecule has 146 valence electrons. The second-order valence-electron chi connectivity index (χ2n) is 8.55. The first-order valence-electron chi connectivity index (χ1n) is 9.96. The minimum atomic E-state index is -1.06. The minimum absolute atomic E-state index is 0.422. The third-order valence-corrected chi connectivity index (χ3v) is 6.64. The van der Waals surface area contributed by atoms with Crippen molar-refractivity contribution in [2.45, 2.75) is 65.1 Å². The largest absolute Gasteiger partial charge is 0.361 e. The Morgan fingerprint density at radius 1 is 1.15 bits per heavy atom. The Labute approximate surface area is 163 Å². The number of fused-ring (bicyclic) bond motifs is 1. The summed E-state index contributed by atoms with van der Waals surface area (Å²) in [4.78, 5) is 4.58. The van der Waals surface area contributed by atoms with Gasteiger partial charge in [0, 0.05) is 50.3 Å². The summed E-state index contributed by atoms with van der Waals surface area (Å²) in [6.07, 6.45) is 8.31. The topological polar surface area (TPSA) is 44.9 Å². The summed E-state index contributed by atoms with van der Waals surface area (Å²) < 4.78 is 10.1. The van der Waals surface area contributed by atoms with Crippen LogP contribution in [-0.4, -0.2) is 34.0 Å². The number of pyridine rings is 1. The molecule has 0 aliphatic carbocycles. The predicted molar refractivity (Wildman–Crippen MR) is 115 cm³/mol. The van der Waals surface area contributed by atoms with Crippen molar-refractivity contribution in [1.82, 2.24) is 19.3 Å². The van der Waals surface area contributed by atoms with Gasteiger partial charge in [0.2, 0.25) is 0 Å². The van der Waals surface area contributed by atoms with E-state index in [0.29, 0.717) is 12.8 Å². The first kappa shape index (κ1) is 19.8. The summed E-state index contributed by atoms with van der Waals surface area (Å²) in [6.45, 7) is 12.9. The van der Waals surface area contributed by atoms with Gasteiger partial charge >= 0.3 is 0 Å². The summed E-state index contributed by atoms with van der Waals surface area (Å²) in [5, 5.41) is 5.94. The smallest absolute Gasteiger partial charge is 0.142 e. The molecule has 0 aliphatic rings. The first-order chi connectivity index (χ1) is 12.9. The molecule has 0 amide bonds. The molecule has 0 saturated carbocycles. The molecule has 0 aromatic carbocycles. The van der Waals surface area contributed by atoms with Gasteiger partial charge in [0.25, 0.3) is 0 Å². The molecule has 0 spiro atoms. The van der Waals surface area contributed by atoms with E-state index < -0.39 is 8.07 Å². The fourth-order valence-electron chi connectivity index (χ4n) is 3.24. The van der Waals surface area contributed by atoms with Crippen LogP contribution in [0.25, 0.3) is 22.3 Å². The molecule has 0 saturated heterocycles. The number of nitrogens with zero attached hydrogens (tertiary/aromatic N) is 4. The maximum Gasteiger partial charge on any atom is 0.142 e. The average Bonchev–Trinajstić information content (AvgIpc) is 3.25. The lowest BCUT2D eigenvalue weighted by molar-refractivity contribution is 0.0899. The number of rotatable bonds is 9. The van der Waals surface area contributed by atoms with Crippen LogP contribution in [0.3, 0.4) is 0 Å². The van der Waals surface area contributed by atoms with Crippen LogP contribution in [0.1, 0.15) is 32.7 Å². The molecular weight excluding hydrogens is 352 g/mol. The third-order valence-electron chi connectivity index (χ3n) is 4.93. The van der Waals surface area contributed by atoms with E-state index in [1.54, 1.807) is 0 Å².